The topological polar surface area (TPSA) is 77.3 Å². The molecule has 1 unspecified atom stereocenters. The molecule has 0 aliphatic carbocycles. The van der Waals surface area contributed by atoms with E-state index in [4.69, 9.17) is 16.3 Å². The minimum Gasteiger partial charge on any atom is -0.482 e. The third-order valence-electron chi connectivity index (χ3n) is 1.39. The summed E-state index contributed by atoms with van der Waals surface area (Å²) in [6.07, 6.45) is 1.18. The van der Waals surface area contributed by atoms with Crippen LogP contribution in [-0.4, -0.2) is 31.0 Å². The smallest absolute Gasteiger partial charge is 0.343 e. The molecule has 6 nitrogen and oxygen atoms in total. The minimum atomic E-state index is -1.02. The molecule has 1 aliphatic rings. The Labute approximate surface area is 84.5 Å². The first-order valence-electron chi connectivity index (χ1n) is 3.63. The largest absolute Gasteiger partial charge is 0.482 e. The Morgan fingerprint density at radius 1 is 1.71 bits per heavy atom. The van der Waals surface area contributed by atoms with Crippen LogP contribution in [0.2, 0.25) is 0 Å². The zero-order valence-electron chi connectivity index (χ0n) is 7.27. The molecule has 0 aromatic rings. The summed E-state index contributed by atoms with van der Waals surface area (Å²) in [6.45, 7) is -0.311. The van der Waals surface area contributed by atoms with E-state index in [9.17, 15) is 9.59 Å². The van der Waals surface area contributed by atoms with Crippen molar-refractivity contribution in [3.63, 3.8) is 0 Å². The van der Waals surface area contributed by atoms with E-state index >= 15 is 0 Å². The highest BCUT2D eigenvalue weighted by Gasteiger charge is 2.25. The molecule has 1 atom stereocenters. The zero-order chi connectivity index (χ0) is 10.6. The number of hydrogen-bond acceptors (Lipinski definition) is 5. The van der Waals surface area contributed by atoms with E-state index in [2.05, 4.69) is 15.0 Å². The van der Waals surface area contributed by atoms with Crippen LogP contribution in [0.15, 0.2) is 22.2 Å². The summed E-state index contributed by atoms with van der Waals surface area (Å²) in [7, 11) is 1.23. The van der Waals surface area contributed by atoms with Crippen LogP contribution in [0.5, 0.6) is 0 Å². The predicted molar refractivity (Wildman–Crippen MR) is 45.6 cm³/mol. The van der Waals surface area contributed by atoms with Crippen LogP contribution in [0.1, 0.15) is 0 Å². The number of hydrogen-bond donors (Lipinski definition) is 0. The number of esters is 1. The lowest BCUT2D eigenvalue weighted by Gasteiger charge is -2.12. The van der Waals surface area contributed by atoms with Gasteiger partial charge in [-0.15, -0.1) is 16.7 Å². The standard InChI is InChI=1S/C7H7ClN2O4/c1-13-5(11)3-14-4-2-9-10-7(12)6(4)8/h2,6H,3H2,1H3. The fourth-order valence-electron chi connectivity index (χ4n) is 0.692. The molecule has 0 spiro atoms. The SMILES string of the molecule is COC(=O)COC1=CN=NC(=O)C1Cl. The summed E-state index contributed by atoms with van der Waals surface area (Å²) in [6, 6.07) is 0. The third kappa shape index (κ3) is 2.53. The van der Waals surface area contributed by atoms with Gasteiger partial charge in [0.25, 0.3) is 5.91 Å². The minimum absolute atomic E-state index is 0.0945. The Hall–Kier alpha value is -1.43. The molecule has 1 rings (SSSR count). The Morgan fingerprint density at radius 2 is 2.43 bits per heavy atom. The van der Waals surface area contributed by atoms with Gasteiger partial charge in [0.2, 0.25) is 0 Å². The number of rotatable bonds is 3. The molecule has 0 fully saturated rings. The molecule has 1 aliphatic heterocycles. The summed E-state index contributed by atoms with van der Waals surface area (Å²) >= 11 is 5.61. The summed E-state index contributed by atoms with van der Waals surface area (Å²) < 4.78 is 9.23. The number of carbonyl (C=O) groups excluding carboxylic acids is 2. The van der Waals surface area contributed by atoms with Crippen LogP contribution in [-0.2, 0) is 19.1 Å². The highest BCUT2D eigenvalue weighted by molar-refractivity contribution is 6.32. The first kappa shape index (κ1) is 10.6. The van der Waals surface area contributed by atoms with Crippen LogP contribution in [0.25, 0.3) is 0 Å². The second-order valence-electron chi connectivity index (χ2n) is 2.31. The molecule has 0 aromatic carbocycles. The molecular weight excluding hydrogens is 212 g/mol. The van der Waals surface area contributed by atoms with Crippen molar-refractivity contribution in [1.29, 1.82) is 0 Å². The highest BCUT2D eigenvalue weighted by Crippen LogP contribution is 2.17. The van der Waals surface area contributed by atoms with Gasteiger partial charge in [-0.25, -0.2) is 4.79 Å². The molecular formula is C7H7ClN2O4. The average molecular weight is 219 g/mol. The lowest BCUT2D eigenvalue weighted by molar-refractivity contribution is -0.144. The van der Waals surface area contributed by atoms with Gasteiger partial charge >= 0.3 is 5.97 Å². The summed E-state index contributed by atoms with van der Waals surface area (Å²) in [5.74, 6) is -1.09. The Bertz CT molecular complexity index is 313. The summed E-state index contributed by atoms with van der Waals surface area (Å²) in [5, 5.41) is 5.52. The van der Waals surface area contributed by atoms with Gasteiger partial charge in [0, 0.05) is 0 Å². The number of azo groups is 1. The van der Waals surface area contributed by atoms with E-state index in [1.165, 1.54) is 13.3 Å². The maximum atomic E-state index is 10.9. The van der Waals surface area contributed by atoms with Gasteiger partial charge < -0.3 is 9.47 Å². The number of methoxy groups -OCH3 is 1. The maximum absolute atomic E-state index is 10.9. The number of alkyl halides is 1. The van der Waals surface area contributed by atoms with Crippen LogP contribution in [0, 0.1) is 0 Å². The molecule has 0 saturated carbocycles. The third-order valence-corrected chi connectivity index (χ3v) is 1.79. The maximum Gasteiger partial charge on any atom is 0.343 e. The van der Waals surface area contributed by atoms with Crippen LogP contribution < -0.4 is 0 Å². The molecule has 7 heteroatoms. The van der Waals surface area contributed by atoms with E-state index in [-0.39, 0.29) is 12.4 Å². The van der Waals surface area contributed by atoms with E-state index in [1.807, 2.05) is 0 Å². The zero-order valence-corrected chi connectivity index (χ0v) is 8.02. The molecule has 0 bridgehead atoms. The van der Waals surface area contributed by atoms with Gasteiger partial charge in [-0.05, 0) is 0 Å². The Morgan fingerprint density at radius 3 is 3.07 bits per heavy atom. The summed E-state index contributed by atoms with van der Waals surface area (Å²) in [5.41, 5.74) is 0. The average Bonchev–Trinajstić information content (AvgIpc) is 2.20. The van der Waals surface area contributed by atoms with Gasteiger partial charge in [0.1, 0.15) is 5.76 Å². The molecule has 0 saturated heterocycles. The molecule has 0 radical (unpaired) electrons. The number of nitrogens with zero attached hydrogens (tertiary/aromatic N) is 2. The van der Waals surface area contributed by atoms with Gasteiger partial charge in [0.15, 0.2) is 12.0 Å². The van der Waals surface area contributed by atoms with E-state index in [0.29, 0.717) is 0 Å². The van der Waals surface area contributed by atoms with Gasteiger partial charge in [-0.3, -0.25) is 4.79 Å². The fraction of sp³-hybridized carbons (Fsp3) is 0.429. The number of ether oxygens (including phenoxy) is 2. The first-order valence-corrected chi connectivity index (χ1v) is 4.07. The van der Waals surface area contributed by atoms with E-state index in [1.54, 1.807) is 0 Å². The molecule has 0 aromatic heterocycles. The van der Waals surface area contributed by atoms with Crippen molar-refractivity contribution in [3.05, 3.63) is 12.0 Å². The fourth-order valence-corrected chi connectivity index (χ4v) is 0.855. The van der Waals surface area contributed by atoms with Crippen molar-refractivity contribution < 1.29 is 19.1 Å². The summed E-state index contributed by atoms with van der Waals surface area (Å²) in [4.78, 5) is 21.6. The van der Waals surface area contributed by atoms with Crippen LogP contribution in [0.3, 0.4) is 0 Å². The van der Waals surface area contributed by atoms with Gasteiger partial charge in [-0.2, -0.15) is 5.11 Å². The first-order chi connectivity index (χ1) is 6.65. The Balaban J connectivity index is 2.52. The van der Waals surface area contributed by atoms with Crippen LogP contribution >= 0.6 is 11.6 Å². The van der Waals surface area contributed by atoms with Crippen molar-refractivity contribution >= 4 is 23.5 Å². The second kappa shape index (κ2) is 4.71. The predicted octanol–water partition coefficient (Wildman–Crippen LogP) is 0.617. The van der Waals surface area contributed by atoms with Crippen molar-refractivity contribution in [3.8, 4) is 0 Å². The molecule has 1 amide bonds. The Kier molecular flexibility index (Phi) is 3.58. The van der Waals surface area contributed by atoms with E-state index in [0.717, 1.165) is 0 Å². The molecule has 0 N–H and O–H groups in total. The molecule has 76 valence electrons. The highest BCUT2D eigenvalue weighted by atomic mass is 35.5. The van der Waals surface area contributed by atoms with Gasteiger partial charge in [0.05, 0.1) is 13.3 Å². The number of halogens is 1. The number of amides is 1. The van der Waals surface area contributed by atoms with Crippen molar-refractivity contribution in [2.45, 2.75) is 5.38 Å². The number of carbonyl (C=O) groups is 2. The van der Waals surface area contributed by atoms with Gasteiger partial charge in [-0.1, -0.05) is 0 Å². The van der Waals surface area contributed by atoms with Crippen LogP contribution in [0.4, 0.5) is 0 Å². The lowest BCUT2D eigenvalue weighted by atomic mass is 10.3. The van der Waals surface area contributed by atoms with Crippen molar-refractivity contribution in [1.82, 2.24) is 0 Å². The van der Waals surface area contributed by atoms with Crippen molar-refractivity contribution in [2.24, 2.45) is 10.2 Å². The molecule has 1 heterocycles. The molecule has 14 heavy (non-hydrogen) atoms. The lowest BCUT2D eigenvalue weighted by Crippen LogP contribution is -2.21. The second-order valence-corrected chi connectivity index (χ2v) is 2.75. The quantitative estimate of drug-likeness (QED) is 0.514. The normalized spacial score (nSPS) is 20.3. The van der Waals surface area contributed by atoms with E-state index < -0.39 is 17.3 Å². The monoisotopic (exact) mass is 218 g/mol. The van der Waals surface area contributed by atoms with Crippen molar-refractivity contribution in [2.75, 3.05) is 13.7 Å².